The number of benzene rings is 1. The van der Waals surface area contributed by atoms with E-state index in [1.165, 1.54) is 18.4 Å². The number of likely N-dealkylation sites (N-methyl/N-ethyl adjacent to an activating group) is 1. The van der Waals surface area contributed by atoms with Crippen molar-refractivity contribution in [1.82, 2.24) is 5.32 Å². The van der Waals surface area contributed by atoms with Gasteiger partial charge in [0.2, 0.25) is 5.91 Å². The molecule has 1 aromatic rings. The summed E-state index contributed by atoms with van der Waals surface area (Å²) in [4.78, 5) is 15.1. The second-order valence-corrected chi connectivity index (χ2v) is 6.22. The smallest absolute Gasteiger partial charge is 0.244 e. The number of hydrogen-bond acceptors (Lipinski definition) is 2. The van der Waals surface area contributed by atoms with Crippen LogP contribution in [0.3, 0.4) is 0 Å². The zero-order valence-electron chi connectivity index (χ0n) is 14.4. The summed E-state index contributed by atoms with van der Waals surface area (Å²) in [5.74, 6) is 0.594. The number of nitrogens with one attached hydrogen (secondary N) is 1. The molecule has 3 heteroatoms. The van der Waals surface area contributed by atoms with E-state index in [9.17, 15) is 4.79 Å². The summed E-state index contributed by atoms with van der Waals surface area (Å²) in [5, 5.41) is 3.24. The highest BCUT2D eigenvalue weighted by atomic mass is 16.2. The third kappa shape index (κ3) is 3.19. The Morgan fingerprint density at radius 1 is 1.14 bits per heavy atom. The van der Waals surface area contributed by atoms with E-state index in [0.29, 0.717) is 12.0 Å². The normalized spacial score (nSPS) is 25.3. The molecule has 0 saturated heterocycles. The molecule has 3 nitrogen and oxygen atoms in total. The summed E-state index contributed by atoms with van der Waals surface area (Å²) in [7, 11) is 1.90. The van der Waals surface area contributed by atoms with Gasteiger partial charge in [0.05, 0.1) is 6.04 Å². The maximum Gasteiger partial charge on any atom is 0.244 e. The molecular formula is C19H30N2O. The predicted octanol–water partition coefficient (Wildman–Crippen LogP) is 3.77. The summed E-state index contributed by atoms with van der Waals surface area (Å²) >= 11 is 0. The molecule has 2 atom stereocenters. The van der Waals surface area contributed by atoms with Gasteiger partial charge in [0.1, 0.15) is 0 Å². The fourth-order valence-electron chi connectivity index (χ4n) is 3.84. The molecule has 0 aromatic heterocycles. The summed E-state index contributed by atoms with van der Waals surface area (Å²) in [6.07, 6.45) is 5.75. The van der Waals surface area contributed by atoms with Crippen molar-refractivity contribution < 1.29 is 4.79 Å². The molecular weight excluding hydrogens is 272 g/mol. The van der Waals surface area contributed by atoms with Crippen LogP contribution in [-0.2, 0) is 11.2 Å². The molecule has 1 N–H and O–H groups in total. The van der Waals surface area contributed by atoms with Gasteiger partial charge in [-0.05, 0) is 43.9 Å². The fraction of sp³-hybridized carbons (Fsp3) is 0.632. The lowest BCUT2D eigenvalue weighted by molar-refractivity contribution is -0.121. The Bertz CT molecular complexity index is 494. The van der Waals surface area contributed by atoms with E-state index < -0.39 is 0 Å². The molecule has 1 saturated carbocycles. The summed E-state index contributed by atoms with van der Waals surface area (Å²) in [6, 6.07) is 8.77. The van der Waals surface area contributed by atoms with Crippen molar-refractivity contribution in [1.29, 1.82) is 0 Å². The highest BCUT2D eigenvalue weighted by Crippen LogP contribution is 2.35. The second kappa shape index (κ2) is 7.77. The number of anilines is 1. The SMILES string of the molecule is CC.CNC1C(=O)N(C2CCCC2)c2ccccc2CC1C. The Morgan fingerprint density at radius 2 is 1.77 bits per heavy atom. The number of hydrogen-bond donors (Lipinski definition) is 1. The van der Waals surface area contributed by atoms with Crippen LogP contribution >= 0.6 is 0 Å². The molecule has 0 spiro atoms. The van der Waals surface area contributed by atoms with Crippen LogP contribution in [0.1, 0.15) is 52.0 Å². The Morgan fingerprint density at radius 3 is 2.41 bits per heavy atom. The number of para-hydroxylation sites is 1. The summed E-state index contributed by atoms with van der Waals surface area (Å²) in [5.41, 5.74) is 2.46. The minimum atomic E-state index is -0.0667. The van der Waals surface area contributed by atoms with E-state index in [-0.39, 0.29) is 11.9 Å². The van der Waals surface area contributed by atoms with Crippen molar-refractivity contribution in [3.05, 3.63) is 29.8 Å². The van der Waals surface area contributed by atoms with Crippen molar-refractivity contribution in [2.45, 2.75) is 65.0 Å². The lowest BCUT2D eigenvalue weighted by Crippen LogP contribution is -2.50. The van der Waals surface area contributed by atoms with Crippen LogP contribution in [0.2, 0.25) is 0 Å². The maximum absolute atomic E-state index is 13.0. The molecule has 2 aliphatic rings. The van der Waals surface area contributed by atoms with Crippen molar-refractivity contribution in [2.24, 2.45) is 5.92 Å². The zero-order valence-corrected chi connectivity index (χ0v) is 14.4. The van der Waals surface area contributed by atoms with Gasteiger partial charge in [0.25, 0.3) is 0 Å². The molecule has 2 unspecified atom stereocenters. The largest absolute Gasteiger partial charge is 0.309 e. The number of nitrogens with zero attached hydrogens (tertiary/aromatic N) is 1. The average Bonchev–Trinajstić information content (AvgIpc) is 3.02. The molecule has 1 heterocycles. The third-order valence-corrected chi connectivity index (χ3v) is 4.87. The van der Waals surface area contributed by atoms with Gasteiger partial charge in [-0.15, -0.1) is 0 Å². The highest BCUT2D eigenvalue weighted by molar-refractivity contribution is 5.99. The molecule has 1 aliphatic heterocycles. The lowest BCUT2D eigenvalue weighted by atomic mass is 9.95. The number of carbonyl (C=O) groups excluding carboxylic acids is 1. The van der Waals surface area contributed by atoms with Crippen molar-refractivity contribution >= 4 is 11.6 Å². The average molecular weight is 302 g/mol. The van der Waals surface area contributed by atoms with Crippen LogP contribution in [-0.4, -0.2) is 25.0 Å². The predicted molar refractivity (Wildman–Crippen MR) is 93.2 cm³/mol. The van der Waals surface area contributed by atoms with E-state index in [0.717, 1.165) is 24.9 Å². The maximum atomic E-state index is 13.0. The second-order valence-electron chi connectivity index (χ2n) is 6.22. The van der Waals surface area contributed by atoms with Crippen LogP contribution in [0.25, 0.3) is 0 Å². The number of fused-ring (bicyclic) bond motifs is 1. The van der Waals surface area contributed by atoms with Crippen LogP contribution in [0.15, 0.2) is 24.3 Å². The van der Waals surface area contributed by atoms with Crippen molar-refractivity contribution in [3.8, 4) is 0 Å². The first-order valence-electron chi connectivity index (χ1n) is 8.80. The topological polar surface area (TPSA) is 32.3 Å². The molecule has 1 fully saturated rings. The minimum absolute atomic E-state index is 0.0667. The molecule has 3 rings (SSSR count). The fourth-order valence-corrected chi connectivity index (χ4v) is 3.84. The first-order chi connectivity index (χ1) is 10.7. The van der Waals surface area contributed by atoms with Gasteiger partial charge in [-0.3, -0.25) is 4.79 Å². The molecule has 22 heavy (non-hydrogen) atoms. The third-order valence-electron chi connectivity index (χ3n) is 4.87. The number of carbonyl (C=O) groups is 1. The van der Waals surface area contributed by atoms with E-state index >= 15 is 0 Å². The van der Waals surface area contributed by atoms with E-state index in [1.54, 1.807) is 0 Å². The zero-order chi connectivity index (χ0) is 16.1. The van der Waals surface area contributed by atoms with E-state index in [1.807, 2.05) is 20.9 Å². The number of rotatable bonds is 2. The molecule has 122 valence electrons. The van der Waals surface area contributed by atoms with Gasteiger partial charge in [-0.1, -0.05) is 51.8 Å². The van der Waals surface area contributed by atoms with E-state index in [2.05, 4.69) is 41.4 Å². The van der Waals surface area contributed by atoms with Gasteiger partial charge in [0, 0.05) is 11.7 Å². The monoisotopic (exact) mass is 302 g/mol. The molecule has 1 aromatic carbocycles. The van der Waals surface area contributed by atoms with Gasteiger partial charge in [0.15, 0.2) is 0 Å². The molecule has 1 amide bonds. The standard InChI is InChI=1S/C17H24N2O.C2H6/c1-12-11-13-7-3-6-10-15(13)19(14-8-4-5-9-14)17(20)16(12)18-2;1-2/h3,6-7,10,12,14,16,18H,4-5,8-9,11H2,1-2H3;1-2H3. The first kappa shape index (κ1) is 17.0. The Balaban J connectivity index is 0.000000847. The summed E-state index contributed by atoms with van der Waals surface area (Å²) in [6.45, 7) is 6.17. The van der Waals surface area contributed by atoms with Crippen molar-refractivity contribution in [2.75, 3.05) is 11.9 Å². The molecule has 0 bridgehead atoms. The summed E-state index contributed by atoms with van der Waals surface area (Å²) < 4.78 is 0. The van der Waals surface area contributed by atoms with E-state index in [4.69, 9.17) is 0 Å². The first-order valence-corrected chi connectivity index (χ1v) is 8.80. The molecule has 1 aliphatic carbocycles. The number of amides is 1. The quantitative estimate of drug-likeness (QED) is 0.902. The van der Waals surface area contributed by atoms with Gasteiger partial charge < -0.3 is 10.2 Å². The Kier molecular flexibility index (Phi) is 6.01. The Hall–Kier alpha value is -1.35. The van der Waals surface area contributed by atoms with Crippen LogP contribution in [0, 0.1) is 5.92 Å². The van der Waals surface area contributed by atoms with Crippen molar-refractivity contribution in [3.63, 3.8) is 0 Å². The molecule has 0 radical (unpaired) electrons. The van der Waals surface area contributed by atoms with Crippen LogP contribution < -0.4 is 10.2 Å². The van der Waals surface area contributed by atoms with Crippen LogP contribution in [0.4, 0.5) is 5.69 Å². The van der Waals surface area contributed by atoms with Gasteiger partial charge >= 0.3 is 0 Å². The Labute approximate surface area is 135 Å². The lowest BCUT2D eigenvalue weighted by Gasteiger charge is -2.32. The van der Waals surface area contributed by atoms with Crippen LogP contribution in [0.5, 0.6) is 0 Å². The van der Waals surface area contributed by atoms with Gasteiger partial charge in [-0.25, -0.2) is 0 Å². The highest BCUT2D eigenvalue weighted by Gasteiger charge is 2.37. The minimum Gasteiger partial charge on any atom is -0.309 e. The van der Waals surface area contributed by atoms with Gasteiger partial charge in [-0.2, -0.15) is 0 Å².